The van der Waals surface area contributed by atoms with Crippen LogP contribution in [0.3, 0.4) is 0 Å². The fourth-order valence-electron chi connectivity index (χ4n) is 1.27. The average Bonchev–Trinajstić information content (AvgIpc) is 2.29. The second-order valence-corrected chi connectivity index (χ2v) is 3.68. The van der Waals surface area contributed by atoms with E-state index in [1.807, 2.05) is 19.1 Å². The Kier molecular flexibility index (Phi) is 5.74. The zero-order valence-corrected chi connectivity index (χ0v) is 10.2. The van der Waals surface area contributed by atoms with Gasteiger partial charge in [0.15, 0.2) is 0 Å². The standard InChI is InChI=1S/C11H17N3OS/c1-2-15-8-4-7-14-11-9(10(12)16)5-3-6-13-11/h3,5-6H,2,4,7-8H2,1H3,(H2,12,16)(H,13,14). The Bertz CT molecular complexity index is 344. The zero-order valence-electron chi connectivity index (χ0n) is 9.40. The lowest BCUT2D eigenvalue weighted by Gasteiger charge is -2.09. The summed E-state index contributed by atoms with van der Waals surface area (Å²) in [6.45, 7) is 4.28. The van der Waals surface area contributed by atoms with E-state index in [4.69, 9.17) is 22.7 Å². The lowest BCUT2D eigenvalue weighted by atomic mass is 10.2. The molecule has 0 unspecified atom stereocenters. The zero-order chi connectivity index (χ0) is 11.8. The van der Waals surface area contributed by atoms with E-state index in [2.05, 4.69) is 10.3 Å². The average molecular weight is 239 g/mol. The van der Waals surface area contributed by atoms with Crippen LogP contribution in [0.5, 0.6) is 0 Å². The summed E-state index contributed by atoms with van der Waals surface area (Å²) in [5.74, 6) is 0.742. The van der Waals surface area contributed by atoms with Gasteiger partial charge in [-0.2, -0.15) is 0 Å². The Hall–Kier alpha value is -1.20. The molecular weight excluding hydrogens is 222 g/mol. The monoisotopic (exact) mass is 239 g/mol. The molecule has 0 aliphatic rings. The van der Waals surface area contributed by atoms with Crippen molar-refractivity contribution in [3.05, 3.63) is 23.9 Å². The third kappa shape index (κ3) is 4.12. The van der Waals surface area contributed by atoms with Crippen LogP contribution in [0, 0.1) is 0 Å². The molecule has 88 valence electrons. The van der Waals surface area contributed by atoms with Crippen molar-refractivity contribution >= 4 is 23.0 Å². The number of nitrogens with two attached hydrogens (primary N) is 1. The van der Waals surface area contributed by atoms with E-state index >= 15 is 0 Å². The molecule has 0 aliphatic carbocycles. The number of aromatic nitrogens is 1. The fourth-order valence-corrected chi connectivity index (χ4v) is 1.44. The smallest absolute Gasteiger partial charge is 0.136 e. The number of pyridine rings is 1. The fraction of sp³-hybridized carbons (Fsp3) is 0.455. The molecular formula is C11H17N3OS. The first-order valence-electron chi connectivity index (χ1n) is 5.32. The first-order chi connectivity index (χ1) is 7.75. The van der Waals surface area contributed by atoms with Gasteiger partial charge in [0.25, 0.3) is 0 Å². The summed E-state index contributed by atoms with van der Waals surface area (Å²) < 4.78 is 5.24. The van der Waals surface area contributed by atoms with Gasteiger partial charge in [-0.15, -0.1) is 0 Å². The predicted molar refractivity (Wildman–Crippen MR) is 69.7 cm³/mol. The summed E-state index contributed by atoms with van der Waals surface area (Å²) in [4.78, 5) is 4.56. The van der Waals surface area contributed by atoms with Crippen molar-refractivity contribution < 1.29 is 4.74 Å². The van der Waals surface area contributed by atoms with E-state index < -0.39 is 0 Å². The van der Waals surface area contributed by atoms with Crippen molar-refractivity contribution in [3.8, 4) is 0 Å². The Morgan fingerprint density at radius 1 is 1.62 bits per heavy atom. The van der Waals surface area contributed by atoms with Gasteiger partial charge in [-0.25, -0.2) is 4.98 Å². The van der Waals surface area contributed by atoms with Crippen LogP contribution in [-0.4, -0.2) is 29.7 Å². The number of thiocarbonyl (C=S) groups is 1. The van der Waals surface area contributed by atoms with Gasteiger partial charge in [0.2, 0.25) is 0 Å². The Morgan fingerprint density at radius 3 is 3.12 bits per heavy atom. The number of anilines is 1. The maximum absolute atomic E-state index is 5.59. The van der Waals surface area contributed by atoms with Crippen LogP contribution in [0.2, 0.25) is 0 Å². The molecule has 0 saturated carbocycles. The molecule has 0 aliphatic heterocycles. The normalized spacial score (nSPS) is 10.1. The first-order valence-corrected chi connectivity index (χ1v) is 5.73. The molecule has 0 aromatic carbocycles. The molecule has 0 amide bonds. The van der Waals surface area contributed by atoms with Gasteiger partial charge in [0.1, 0.15) is 10.8 Å². The second-order valence-electron chi connectivity index (χ2n) is 3.24. The van der Waals surface area contributed by atoms with Crippen molar-refractivity contribution in [2.75, 3.05) is 25.1 Å². The Morgan fingerprint density at radius 2 is 2.44 bits per heavy atom. The van der Waals surface area contributed by atoms with Crippen LogP contribution < -0.4 is 11.1 Å². The quantitative estimate of drug-likeness (QED) is 0.558. The number of ether oxygens (including phenoxy) is 1. The lowest BCUT2D eigenvalue weighted by molar-refractivity contribution is 0.147. The van der Waals surface area contributed by atoms with Crippen LogP contribution in [0.4, 0.5) is 5.82 Å². The van der Waals surface area contributed by atoms with E-state index in [1.54, 1.807) is 6.20 Å². The van der Waals surface area contributed by atoms with Crippen LogP contribution in [0.1, 0.15) is 18.9 Å². The van der Waals surface area contributed by atoms with Gasteiger partial charge < -0.3 is 15.8 Å². The van der Waals surface area contributed by atoms with Crippen molar-refractivity contribution in [1.82, 2.24) is 4.98 Å². The largest absolute Gasteiger partial charge is 0.389 e. The molecule has 0 radical (unpaired) electrons. The van der Waals surface area contributed by atoms with E-state index in [9.17, 15) is 0 Å². The maximum Gasteiger partial charge on any atom is 0.136 e. The van der Waals surface area contributed by atoms with Gasteiger partial charge in [-0.3, -0.25) is 0 Å². The number of hydrogen-bond donors (Lipinski definition) is 2. The SMILES string of the molecule is CCOCCCNc1ncccc1C(N)=S. The third-order valence-corrected chi connectivity index (χ3v) is 2.26. The molecule has 3 N–H and O–H groups in total. The Balaban J connectivity index is 2.44. The number of nitrogens with one attached hydrogen (secondary N) is 1. The minimum atomic E-state index is 0.361. The molecule has 5 heteroatoms. The van der Waals surface area contributed by atoms with Crippen molar-refractivity contribution in [2.24, 2.45) is 5.73 Å². The highest BCUT2D eigenvalue weighted by Gasteiger charge is 2.04. The highest BCUT2D eigenvalue weighted by atomic mass is 32.1. The highest BCUT2D eigenvalue weighted by Crippen LogP contribution is 2.10. The van der Waals surface area contributed by atoms with Gasteiger partial charge >= 0.3 is 0 Å². The van der Waals surface area contributed by atoms with Crippen LogP contribution in [-0.2, 0) is 4.74 Å². The summed E-state index contributed by atoms with van der Waals surface area (Å²) in [7, 11) is 0. The first kappa shape index (κ1) is 12.9. The van der Waals surface area contributed by atoms with E-state index in [-0.39, 0.29) is 0 Å². The lowest BCUT2D eigenvalue weighted by Crippen LogP contribution is -2.15. The summed E-state index contributed by atoms with van der Waals surface area (Å²) in [6, 6.07) is 3.68. The van der Waals surface area contributed by atoms with E-state index in [0.29, 0.717) is 4.99 Å². The minimum Gasteiger partial charge on any atom is -0.389 e. The van der Waals surface area contributed by atoms with Crippen molar-refractivity contribution in [1.29, 1.82) is 0 Å². The molecule has 1 rings (SSSR count). The molecule has 0 fully saturated rings. The van der Waals surface area contributed by atoms with E-state index in [0.717, 1.165) is 37.6 Å². The number of hydrogen-bond acceptors (Lipinski definition) is 4. The van der Waals surface area contributed by atoms with Gasteiger partial charge in [0.05, 0.1) is 5.56 Å². The topological polar surface area (TPSA) is 60.2 Å². The molecule has 0 atom stereocenters. The molecule has 1 heterocycles. The van der Waals surface area contributed by atoms with Crippen LogP contribution >= 0.6 is 12.2 Å². The molecule has 1 aromatic rings. The summed E-state index contributed by atoms with van der Waals surface area (Å²) in [5, 5.41) is 3.19. The Labute approximate surface area is 101 Å². The van der Waals surface area contributed by atoms with Gasteiger partial charge in [0, 0.05) is 26.0 Å². The van der Waals surface area contributed by atoms with Crippen molar-refractivity contribution in [3.63, 3.8) is 0 Å². The minimum absolute atomic E-state index is 0.361. The second kappa shape index (κ2) is 7.14. The molecule has 0 saturated heterocycles. The number of rotatable bonds is 7. The van der Waals surface area contributed by atoms with Crippen LogP contribution in [0.15, 0.2) is 18.3 Å². The van der Waals surface area contributed by atoms with Crippen LogP contribution in [0.25, 0.3) is 0 Å². The highest BCUT2D eigenvalue weighted by molar-refractivity contribution is 7.80. The molecule has 4 nitrogen and oxygen atoms in total. The predicted octanol–water partition coefficient (Wildman–Crippen LogP) is 1.55. The van der Waals surface area contributed by atoms with Gasteiger partial charge in [-0.05, 0) is 25.5 Å². The molecule has 0 spiro atoms. The summed E-state index contributed by atoms with van der Waals surface area (Å²) in [6.07, 6.45) is 2.65. The molecule has 1 aromatic heterocycles. The summed E-state index contributed by atoms with van der Waals surface area (Å²) >= 11 is 4.94. The maximum atomic E-state index is 5.59. The molecule has 16 heavy (non-hydrogen) atoms. The molecule has 0 bridgehead atoms. The van der Waals surface area contributed by atoms with E-state index in [1.165, 1.54) is 0 Å². The summed E-state index contributed by atoms with van der Waals surface area (Å²) in [5.41, 5.74) is 6.38. The number of nitrogens with zero attached hydrogens (tertiary/aromatic N) is 1. The van der Waals surface area contributed by atoms with Crippen molar-refractivity contribution in [2.45, 2.75) is 13.3 Å². The van der Waals surface area contributed by atoms with Gasteiger partial charge in [-0.1, -0.05) is 12.2 Å². The third-order valence-electron chi connectivity index (χ3n) is 2.04.